The van der Waals surface area contributed by atoms with Crippen LogP contribution in [-0.2, 0) is 14.8 Å². The first kappa shape index (κ1) is 22.0. The predicted octanol–water partition coefficient (Wildman–Crippen LogP) is 3.69. The molecule has 1 fully saturated rings. The summed E-state index contributed by atoms with van der Waals surface area (Å²) in [6.07, 6.45) is 5.47. The van der Waals surface area contributed by atoms with E-state index in [4.69, 9.17) is 4.74 Å². The summed E-state index contributed by atoms with van der Waals surface area (Å²) < 4.78 is 46.8. The van der Waals surface area contributed by atoms with E-state index in [1.165, 1.54) is 53.7 Å². The van der Waals surface area contributed by atoms with E-state index in [1.807, 2.05) is 0 Å². The fourth-order valence-corrected chi connectivity index (χ4v) is 5.07. The summed E-state index contributed by atoms with van der Waals surface area (Å²) in [6.45, 7) is 0.967. The summed E-state index contributed by atoms with van der Waals surface area (Å²) in [5, 5.41) is 0. The number of carbonyl (C=O) groups excluding carboxylic acids is 1. The molecule has 1 heterocycles. The van der Waals surface area contributed by atoms with E-state index in [0.717, 1.165) is 19.3 Å². The second kappa shape index (κ2) is 9.40. The van der Waals surface area contributed by atoms with Crippen molar-refractivity contribution in [3.63, 3.8) is 0 Å². The Morgan fingerprint density at radius 2 is 1.83 bits per heavy atom. The largest absolute Gasteiger partial charge is 0.495 e. The monoisotopic (exact) mass is 432 g/mol. The van der Waals surface area contributed by atoms with Crippen LogP contribution in [0.15, 0.2) is 53.4 Å². The number of para-hydroxylation sites is 1. The number of amides is 1. The van der Waals surface area contributed by atoms with Crippen LogP contribution >= 0.6 is 0 Å². The van der Waals surface area contributed by atoms with Crippen molar-refractivity contribution in [1.82, 2.24) is 4.31 Å². The van der Waals surface area contributed by atoms with Crippen LogP contribution < -0.4 is 9.64 Å². The first-order valence-corrected chi connectivity index (χ1v) is 11.2. The van der Waals surface area contributed by atoms with Gasteiger partial charge in [-0.25, -0.2) is 12.8 Å². The lowest BCUT2D eigenvalue weighted by molar-refractivity contribution is -0.113. The first-order chi connectivity index (χ1) is 14.3. The van der Waals surface area contributed by atoms with Crippen LogP contribution in [0.2, 0.25) is 0 Å². The van der Waals surface area contributed by atoms with Gasteiger partial charge in [-0.1, -0.05) is 24.6 Å². The van der Waals surface area contributed by atoms with Gasteiger partial charge >= 0.3 is 0 Å². The van der Waals surface area contributed by atoms with Gasteiger partial charge in [-0.2, -0.15) is 4.31 Å². The van der Waals surface area contributed by atoms with Crippen LogP contribution in [0.1, 0.15) is 24.8 Å². The van der Waals surface area contributed by atoms with Crippen molar-refractivity contribution in [1.29, 1.82) is 0 Å². The molecule has 0 aromatic heterocycles. The zero-order valence-corrected chi connectivity index (χ0v) is 17.9. The molecule has 1 saturated heterocycles. The number of carbonyl (C=O) groups is 1. The molecule has 0 atom stereocenters. The molecule has 160 valence electrons. The number of sulfonamides is 1. The number of methoxy groups -OCH3 is 1. The van der Waals surface area contributed by atoms with Crippen LogP contribution in [0.5, 0.6) is 5.75 Å². The molecule has 1 aliphatic heterocycles. The highest BCUT2D eigenvalue weighted by Gasteiger charge is 2.29. The normalized spacial score (nSPS) is 15.3. The molecule has 30 heavy (non-hydrogen) atoms. The number of hydrogen-bond donors (Lipinski definition) is 0. The van der Waals surface area contributed by atoms with Crippen LogP contribution in [0.4, 0.5) is 10.1 Å². The molecule has 0 spiro atoms. The minimum absolute atomic E-state index is 0.0731. The highest BCUT2D eigenvalue weighted by Crippen LogP contribution is 2.30. The molecule has 2 aromatic rings. The number of benzene rings is 2. The van der Waals surface area contributed by atoms with Gasteiger partial charge < -0.3 is 9.64 Å². The molecule has 2 aromatic carbocycles. The van der Waals surface area contributed by atoms with Gasteiger partial charge in [-0.05, 0) is 48.7 Å². The maximum atomic E-state index is 13.9. The van der Waals surface area contributed by atoms with Crippen LogP contribution in [0.25, 0.3) is 6.08 Å². The predicted molar refractivity (Wildman–Crippen MR) is 114 cm³/mol. The fraction of sp³-hybridized carbons (Fsp3) is 0.318. The van der Waals surface area contributed by atoms with Gasteiger partial charge in [-0.3, -0.25) is 4.79 Å². The van der Waals surface area contributed by atoms with Crippen molar-refractivity contribution in [2.45, 2.75) is 24.2 Å². The Hall–Kier alpha value is -2.71. The topological polar surface area (TPSA) is 66.9 Å². The Labute approximate surface area is 176 Å². The summed E-state index contributed by atoms with van der Waals surface area (Å²) >= 11 is 0. The minimum Gasteiger partial charge on any atom is -0.495 e. The average Bonchev–Trinajstić information content (AvgIpc) is 2.77. The smallest absolute Gasteiger partial charge is 0.250 e. The van der Waals surface area contributed by atoms with Gasteiger partial charge in [0.1, 0.15) is 16.5 Å². The van der Waals surface area contributed by atoms with Gasteiger partial charge in [0.2, 0.25) is 10.0 Å². The van der Waals surface area contributed by atoms with E-state index in [-0.39, 0.29) is 16.3 Å². The maximum Gasteiger partial charge on any atom is 0.250 e. The SMILES string of the molecule is COc1ccc(C=CC(=O)N(C)c2ccccc2F)cc1S(=O)(=O)N1CCCCC1. The van der Waals surface area contributed by atoms with E-state index < -0.39 is 21.7 Å². The lowest BCUT2D eigenvalue weighted by Gasteiger charge is -2.26. The standard InChI is InChI=1S/C22H25FN2O4S/c1-24(19-9-5-4-8-18(19)23)22(26)13-11-17-10-12-20(29-2)21(16-17)30(27,28)25-14-6-3-7-15-25/h4-5,8-13,16H,3,6-7,14-15H2,1-2H3. The van der Waals surface area contributed by atoms with Crippen LogP contribution in [0, 0.1) is 5.82 Å². The molecule has 8 heteroatoms. The molecular formula is C22H25FN2O4S. The highest BCUT2D eigenvalue weighted by molar-refractivity contribution is 7.89. The molecule has 0 aliphatic carbocycles. The second-order valence-electron chi connectivity index (χ2n) is 7.06. The van der Waals surface area contributed by atoms with Crippen LogP contribution in [0.3, 0.4) is 0 Å². The number of nitrogens with zero attached hydrogens (tertiary/aromatic N) is 2. The molecule has 0 bridgehead atoms. The number of ether oxygens (including phenoxy) is 1. The average molecular weight is 433 g/mol. The molecule has 3 rings (SSSR count). The molecule has 0 radical (unpaired) electrons. The molecule has 6 nitrogen and oxygen atoms in total. The van der Waals surface area contributed by atoms with Crippen molar-refractivity contribution >= 4 is 27.7 Å². The highest BCUT2D eigenvalue weighted by atomic mass is 32.2. The fourth-order valence-electron chi connectivity index (χ4n) is 3.36. The quantitative estimate of drug-likeness (QED) is 0.653. The number of rotatable bonds is 6. The Bertz CT molecular complexity index is 1050. The van der Waals surface area contributed by atoms with Crippen molar-refractivity contribution < 1.29 is 22.3 Å². The molecule has 0 saturated carbocycles. The summed E-state index contributed by atoms with van der Waals surface area (Å²) in [4.78, 5) is 13.7. The van der Waals surface area contributed by atoms with Gasteiger partial charge in [0.05, 0.1) is 12.8 Å². The zero-order chi connectivity index (χ0) is 21.7. The maximum absolute atomic E-state index is 13.9. The van der Waals surface area contributed by atoms with Gasteiger partial charge in [-0.15, -0.1) is 0 Å². The van der Waals surface area contributed by atoms with Crippen molar-refractivity contribution in [2.24, 2.45) is 0 Å². The summed E-state index contributed by atoms with van der Waals surface area (Å²) in [6, 6.07) is 10.7. The van der Waals surface area contributed by atoms with Gasteiger partial charge in [0.25, 0.3) is 5.91 Å². The number of hydrogen-bond acceptors (Lipinski definition) is 4. The zero-order valence-electron chi connectivity index (χ0n) is 17.0. The van der Waals surface area contributed by atoms with E-state index in [2.05, 4.69) is 0 Å². The molecule has 0 unspecified atom stereocenters. The third-order valence-electron chi connectivity index (χ3n) is 5.08. The minimum atomic E-state index is -3.70. The first-order valence-electron chi connectivity index (χ1n) is 9.73. The number of halogens is 1. The Morgan fingerprint density at radius 1 is 1.13 bits per heavy atom. The Morgan fingerprint density at radius 3 is 2.50 bits per heavy atom. The molecule has 1 aliphatic rings. The molecule has 0 N–H and O–H groups in total. The summed E-state index contributed by atoms with van der Waals surface area (Å²) in [7, 11) is -0.800. The lowest BCUT2D eigenvalue weighted by atomic mass is 10.2. The van der Waals surface area contributed by atoms with Crippen LogP contribution in [-0.4, -0.2) is 45.9 Å². The number of piperidine rings is 1. The van der Waals surface area contributed by atoms with Gasteiger partial charge in [0, 0.05) is 26.2 Å². The van der Waals surface area contributed by atoms with E-state index in [9.17, 15) is 17.6 Å². The van der Waals surface area contributed by atoms with Gasteiger partial charge in [0.15, 0.2) is 0 Å². The van der Waals surface area contributed by atoms with Crippen molar-refractivity contribution in [3.05, 3.63) is 59.9 Å². The summed E-state index contributed by atoms with van der Waals surface area (Å²) in [5.74, 6) is -0.676. The lowest BCUT2D eigenvalue weighted by Crippen LogP contribution is -2.35. The van der Waals surface area contributed by atoms with Crippen molar-refractivity contribution in [2.75, 3.05) is 32.1 Å². The van der Waals surface area contributed by atoms with Crippen molar-refractivity contribution in [3.8, 4) is 5.75 Å². The van der Waals surface area contributed by atoms with E-state index in [0.29, 0.717) is 18.7 Å². The third kappa shape index (κ3) is 4.71. The second-order valence-corrected chi connectivity index (χ2v) is 8.96. The number of likely N-dealkylation sites (N-methyl/N-ethyl adjacent to an activating group) is 1. The number of anilines is 1. The third-order valence-corrected chi connectivity index (χ3v) is 7.00. The molecular weight excluding hydrogens is 407 g/mol. The van der Waals surface area contributed by atoms with E-state index >= 15 is 0 Å². The molecule has 1 amide bonds. The van der Waals surface area contributed by atoms with E-state index in [1.54, 1.807) is 24.3 Å². The summed E-state index contributed by atoms with van der Waals surface area (Å²) in [5.41, 5.74) is 0.692. The Kier molecular flexibility index (Phi) is 6.89. The Balaban J connectivity index is 1.86.